The van der Waals surface area contributed by atoms with Gasteiger partial charge in [-0.2, -0.15) is 0 Å². The molecular formula is C20H21N3O4. The van der Waals surface area contributed by atoms with Crippen LogP contribution in [0.15, 0.2) is 48.5 Å². The van der Waals surface area contributed by atoms with E-state index in [9.17, 15) is 14.9 Å². The van der Waals surface area contributed by atoms with Gasteiger partial charge in [0.15, 0.2) is 5.72 Å². The van der Waals surface area contributed by atoms with Crippen LogP contribution in [0.3, 0.4) is 0 Å². The topological polar surface area (TPSA) is 84.7 Å². The molecule has 1 spiro atoms. The number of piperidine rings is 1. The molecule has 27 heavy (non-hydrogen) atoms. The van der Waals surface area contributed by atoms with Gasteiger partial charge in [0, 0.05) is 44.6 Å². The molecule has 0 saturated carbocycles. The Morgan fingerprint density at radius 2 is 1.81 bits per heavy atom. The molecule has 0 radical (unpaired) electrons. The molecule has 0 aliphatic carbocycles. The number of fused-ring (bicyclic) bond motifs is 1. The second kappa shape index (κ2) is 7.00. The van der Waals surface area contributed by atoms with Crippen molar-refractivity contribution in [3.8, 4) is 5.75 Å². The first kappa shape index (κ1) is 17.5. The molecule has 140 valence electrons. The highest BCUT2D eigenvalue weighted by atomic mass is 16.6. The van der Waals surface area contributed by atoms with Crippen molar-refractivity contribution in [3.63, 3.8) is 0 Å². The Labute approximate surface area is 157 Å². The van der Waals surface area contributed by atoms with E-state index in [4.69, 9.17) is 4.74 Å². The lowest BCUT2D eigenvalue weighted by atomic mass is 9.96. The number of nitrogens with zero attached hydrogens (tertiary/aromatic N) is 2. The molecule has 0 atom stereocenters. The van der Waals surface area contributed by atoms with E-state index in [0.717, 1.165) is 44.5 Å². The molecule has 1 saturated heterocycles. The maximum absolute atomic E-state index is 12.4. The van der Waals surface area contributed by atoms with E-state index in [1.54, 1.807) is 18.2 Å². The van der Waals surface area contributed by atoms with Gasteiger partial charge in [-0.05, 0) is 24.1 Å². The highest BCUT2D eigenvalue weighted by molar-refractivity contribution is 5.98. The number of hydrogen-bond donors (Lipinski definition) is 1. The number of non-ortho nitro benzene ring substituents is 1. The first-order valence-corrected chi connectivity index (χ1v) is 9.11. The van der Waals surface area contributed by atoms with Crippen molar-refractivity contribution in [2.24, 2.45) is 0 Å². The molecule has 4 rings (SSSR count). The number of rotatable bonds is 4. The Morgan fingerprint density at radius 1 is 1.11 bits per heavy atom. The minimum atomic E-state index is -0.616. The molecule has 0 unspecified atom stereocenters. The lowest BCUT2D eigenvalue weighted by molar-refractivity contribution is -0.384. The summed E-state index contributed by atoms with van der Waals surface area (Å²) in [6, 6.07) is 14.0. The highest BCUT2D eigenvalue weighted by Gasteiger charge is 2.42. The van der Waals surface area contributed by atoms with Gasteiger partial charge < -0.3 is 15.0 Å². The number of hydrogen-bond acceptors (Lipinski definition) is 5. The van der Waals surface area contributed by atoms with Gasteiger partial charge in [0.05, 0.1) is 10.5 Å². The number of nitro benzene ring substituents is 1. The summed E-state index contributed by atoms with van der Waals surface area (Å²) in [5, 5.41) is 13.8. The SMILES string of the molecule is O=C1NC2(CCN(CCc3ccc([N+](=O)[O-])cc3)CC2)Oc2ccccc21. The number of nitrogens with one attached hydrogen (secondary N) is 1. The third-order valence-corrected chi connectivity index (χ3v) is 5.31. The number of ether oxygens (including phenoxy) is 1. The maximum atomic E-state index is 12.4. The number of para-hydroxylation sites is 1. The van der Waals surface area contributed by atoms with E-state index >= 15 is 0 Å². The predicted octanol–water partition coefficient (Wildman–Crippen LogP) is 2.75. The maximum Gasteiger partial charge on any atom is 0.269 e. The Bertz CT molecular complexity index is 858. The number of likely N-dealkylation sites (tertiary alicyclic amines) is 1. The molecule has 1 N–H and O–H groups in total. The van der Waals surface area contributed by atoms with Gasteiger partial charge in [0.2, 0.25) is 0 Å². The molecule has 0 bridgehead atoms. The van der Waals surface area contributed by atoms with Crippen LogP contribution in [0, 0.1) is 10.1 Å². The standard InChI is InChI=1S/C20H21N3O4/c24-19-17-3-1-2-4-18(17)27-20(21-19)10-13-22(14-11-20)12-9-15-5-7-16(8-6-15)23(25)26/h1-8H,9-14H2,(H,21,24). The zero-order chi connectivity index (χ0) is 18.9. The van der Waals surface area contributed by atoms with Crippen molar-refractivity contribution in [1.29, 1.82) is 0 Å². The minimum Gasteiger partial charge on any atom is -0.467 e. The number of amides is 1. The molecule has 2 aliphatic rings. The molecule has 2 heterocycles. The van der Waals surface area contributed by atoms with Crippen LogP contribution in [0.2, 0.25) is 0 Å². The smallest absolute Gasteiger partial charge is 0.269 e. The molecule has 7 nitrogen and oxygen atoms in total. The van der Waals surface area contributed by atoms with Gasteiger partial charge in [0.25, 0.3) is 11.6 Å². The van der Waals surface area contributed by atoms with E-state index in [-0.39, 0.29) is 16.5 Å². The predicted molar refractivity (Wildman–Crippen MR) is 99.7 cm³/mol. The van der Waals surface area contributed by atoms with Crippen molar-refractivity contribution < 1.29 is 14.5 Å². The van der Waals surface area contributed by atoms with Gasteiger partial charge in [-0.25, -0.2) is 0 Å². The Morgan fingerprint density at radius 3 is 2.52 bits per heavy atom. The van der Waals surface area contributed by atoms with Crippen LogP contribution in [0.5, 0.6) is 5.75 Å². The summed E-state index contributed by atoms with van der Waals surface area (Å²) in [7, 11) is 0. The summed E-state index contributed by atoms with van der Waals surface area (Å²) in [6.45, 7) is 2.53. The molecule has 1 amide bonds. The zero-order valence-corrected chi connectivity index (χ0v) is 14.9. The van der Waals surface area contributed by atoms with Gasteiger partial charge in [-0.3, -0.25) is 14.9 Å². The summed E-state index contributed by atoms with van der Waals surface area (Å²) in [4.78, 5) is 25.0. The van der Waals surface area contributed by atoms with Gasteiger partial charge in [0.1, 0.15) is 5.75 Å². The van der Waals surface area contributed by atoms with Crippen LogP contribution >= 0.6 is 0 Å². The third kappa shape index (κ3) is 3.64. The molecule has 2 aromatic rings. The molecular weight excluding hydrogens is 346 g/mol. The lowest BCUT2D eigenvalue weighted by Crippen LogP contribution is -2.61. The van der Waals surface area contributed by atoms with E-state index in [1.165, 1.54) is 0 Å². The second-order valence-corrected chi connectivity index (χ2v) is 7.06. The summed E-state index contributed by atoms with van der Waals surface area (Å²) in [5.74, 6) is 0.580. The fourth-order valence-electron chi connectivity index (χ4n) is 3.69. The Balaban J connectivity index is 1.33. The minimum absolute atomic E-state index is 0.0730. The third-order valence-electron chi connectivity index (χ3n) is 5.31. The van der Waals surface area contributed by atoms with Crippen LogP contribution < -0.4 is 10.1 Å². The van der Waals surface area contributed by atoms with Crippen LogP contribution in [-0.2, 0) is 6.42 Å². The van der Waals surface area contributed by atoms with Crippen LogP contribution in [-0.4, -0.2) is 41.1 Å². The molecule has 2 aromatic carbocycles. The number of carbonyl (C=O) groups excluding carboxylic acids is 1. The normalized spacial score (nSPS) is 18.4. The summed E-state index contributed by atoms with van der Waals surface area (Å²) in [5.41, 5.74) is 1.17. The van der Waals surface area contributed by atoms with Crippen LogP contribution in [0.1, 0.15) is 28.8 Å². The lowest BCUT2D eigenvalue weighted by Gasteiger charge is -2.44. The molecule has 1 fully saturated rings. The Kier molecular flexibility index (Phi) is 4.53. The second-order valence-electron chi connectivity index (χ2n) is 7.06. The van der Waals surface area contributed by atoms with Gasteiger partial charge in [-0.15, -0.1) is 0 Å². The van der Waals surface area contributed by atoms with Crippen molar-refractivity contribution >= 4 is 11.6 Å². The van der Waals surface area contributed by atoms with E-state index in [2.05, 4.69) is 10.2 Å². The molecule has 0 aromatic heterocycles. The fraction of sp³-hybridized carbons (Fsp3) is 0.350. The quantitative estimate of drug-likeness (QED) is 0.663. The van der Waals surface area contributed by atoms with E-state index in [1.807, 2.05) is 30.3 Å². The van der Waals surface area contributed by atoms with Crippen molar-refractivity contribution in [3.05, 3.63) is 69.8 Å². The van der Waals surface area contributed by atoms with Gasteiger partial charge in [-0.1, -0.05) is 24.3 Å². The van der Waals surface area contributed by atoms with Crippen molar-refractivity contribution in [2.45, 2.75) is 25.0 Å². The summed E-state index contributed by atoms with van der Waals surface area (Å²) < 4.78 is 6.16. The zero-order valence-electron chi connectivity index (χ0n) is 14.9. The summed E-state index contributed by atoms with van der Waals surface area (Å²) >= 11 is 0. The monoisotopic (exact) mass is 367 g/mol. The number of nitro groups is 1. The van der Waals surface area contributed by atoms with Crippen molar-refractivity contribution in [2.75, 3.05) is 19.6 Å². The highest BCUT2D eigenvalue weighted by Crippen LogP contribution is 2.33. The van der Waals surface area contributed by atoms with Crippen LogP contribution in [0.4, 0.5) is 5.69 Å². The average Bonchev–Trinajstić information content (AvgIpc) is 2.68. The van der Waals surface area contributed by atoms with Gasteiger partial charge >= 0.3 is 0 Å². The van der Waals surface area contributed by atoms with E-state index in [0.29, 0.717) is 11.3 Å². The Hall–Kier alpha value is -2.93. The molecule has 7 heteroatoms. The summed E-state index contributed by atoms with van der Waals surface area (Å²) in [6.07, 6.45) is 2.29. The number of carbonyl (C=O) groups is 1. The van der Waals surface area contributed by atoms with E-state index < -0.39 is 5.72 Å². The first-order chi connectivity index (χ1) is 13.0. The van der Waals surface area contributed by atoms with Crippen LogP contribution in [0.25, 0.3) is 0 Å². The fourth-order valence-corrected chi connectivity index (χ4v) is 3.69. The molecule has 2 aliphatic heterocycles. The van der Waals surface area contributed by atoms with Crippen molar-refractivity contribution in [1.82, 2.24) is 10.2 Å². The largest absolute Gasteiger partial charge is 0.467 e. The first-order valence-electron chi connectivity index (χ1n) is 9.11. The number of benzene rings is 2. The average molecular weight is 367 g/mol.